The van der Waals surface area contributed by atoms with E-state index in [1.54, 1.807) is 6.92 Å². The van der Waals surface area contributed by atoms with Gasteiger partial charge in [-0.15, -0.1) is 0 Å². The number of benzene rings is 1. The van der Waals surface area contributed by atoms with Crippen LogP contribution in [0.3, 0.4) is 0 Å². The van der Waals surface area contributed by atoms with E-state index in [-0.39, 0.29) is 17.7 Å². The number of rotatable bonds is 7. The molecule has 2 heterocycles. The molecule has 1 aromatic heterocycles. The van der Waals surface area contributed by atoms with Crippen LogP contribution in [0, 0.1) is 6.92 Å². The Balaban J connectivity index is 1.41. The number of hydrogen-bond donors (Lipinski definition) is 1. The van der Waals surface area contributed by atoms with Crippen molar-refractivity contribution >= 4 is 11.8 Å². The summed E-state index contributed by atoms with van der Waals surface area (Å²) in [6.07, 6.45) is 0.297. The lowest BCUT2D eigenvalue weighted by molar-refractivity contribution is -0.132. The first-order chi connectivity index (χ1) is 14.0. The Labute approximate surface area is 172 Å². The number of hydrogen-bond acceptors (Lipinski definition) is 5. The van der Waals surface area contributed by atoms with Crippen molar-refractivity contribution in [2.75, 3.05) is 32.7 Å². The Kier molecular flexibility index (Phi) is 7.04. The maximum Gasteiger partial charge on any atom is 0.256 e. The summed E-state index contributed by atoms with van der Waals surface area (Å²) >= 11 is 0. The molecule has 29 heavy (non-hydrogen) atoms. The van der Waals surface area contributed by atoms with E-state index in [1.807, 2.05) is 24.8 Å². The molecule has 0 bridgehead atoms. The van der Waals surface area contributed by atoms with Gasteiger partial charge in [-0.25, -0.2) is 0 Å². The average Bonchev–Trinajstić information content (AvgIpc) is 3.11. The molecule has 0 spiro atoms. The summed E-state index contributed by atoms with van der Waals surface area (Å²) in [4.78, 5) is 29.2. The summed E-state index contributed by atoms with van der Waals surface area (Å²) in [6, 6.07) is 10.4. The fraction of sp³-hybridized carbons (Fsp3) is 0.500. The number of aromatic nitrogens is 1. The van der Waals surface area contributed by atoms with Crippen LogP contribution in [0.25, 0.3) is 0 Å². The van der Waals surface area contributed by atoms with E-state index in [4.69, 9.17) is 4.52 Å². The highest BCUT2D eigenvalue weighted by Gasteiger charge is 2.24. The fourth-order valence-corrected chi connectivity index (χ4v) is 3.58. The van der Waals surface area contributed by atoms with Crippen molar-refractivity contribution in [1.29, 1.82) is 0 Å². The second-order valence-electron chi connectivity index (χ2n) is 7.81. The van der Waals surface area contributed by atoms with E-state index < -0.39 is 0 Å². The molecule has 1 aliphatic rings. The summed E-state index contributed by atoms with van der Waals surface area (Å²) < 4.78 is 5.26. The molecule has 1 saturated heterocycles. The number of carbonyl (C=O) groups is 2. The molecular weight excluding hydrogens is 368 g/mol. The first-order valence-electron chi connectivity index (χ1n) is 10.2. The van der Waals surface area contributed by atoms with E-state index in [9.17, 15) is 9.59 Å². The van der Waals surface area contributed by atoms with Crippen LogP contribution >= 0.6 is 0 Å². The van der Waals surface area contributed by atoms with Crippen LogP contribution in [0.1, 0.15) is 53.6 Å². The van der Waals surface area contributed by atoms with Crippen LogP contribution in [0.4, 0.5) is 0 Å². The fourth-order valence-electron chi connectivity index (χ4n) is 3.58. The van der Waals surface area contributed by atoms with Crippen LogP contribution in [0.2, 0.25) is 0 Å². The molecule has 0 atom stereocenters. The Hall–Kier alpha value is -2.67. The Bertz CT molecular complexity index is 824. The van der Waals surface area contributed by atoms with Gasteiger partial charge in [0, 0.05) is 51.6 Å². The Morgan fingerprint density at radius 3 is 2.48 bits per heavy atom. The van der Waals surface area contributed by atoms with Crippen molar-refractivity contribution in [2.24, 2.45) is 0 Å². The lowest BCUT2D eigenvalue weighted by Gasteiger charge is -2.34. The van der Waals surface area contributed by atoms with Gasteiger partial charge in [0.05, 0.1) is 5.69 Å². The summed E-state index contributed by atoms with van der Waals surface area (Å²) in [5, 5.41) is 6.73. The van der Waals surface area contributed by atoms with Crippen molar-refractivity contribution in [3.05, 3.63) is 52.9 Å². The second kappa shape index (κ2) is 9.69. The minimum absolute atomic E-state index is 0.0748. The van der Waals surface area contributed by atoms with E-state index in [1.165, 1.54) is 5.56 Å². The number of nitrogens with one attached hydrogen (secondary N) is 1. The molecule has 0 unspecified atom stereocenters. The minimum atomic E-state index is -0.229. The van der Waals surface area contributed by atoms with Crippen molar-refractivity contribution in [2.45, 2.75) is 39.7 Å². The molecular formula is C22H30N4O3. The first-order valence-corrected chi connectivity index (χ1v) is 10.2. The van der Waals surface area contributed by atoms with Crippen LogP contribution in [-0.4, -0.2) is 59.5 Å². The van der Waals surface area contributed by atoms with E-state index in [0.29, 0.717) is 30.0 Å². The van der Waals surface area contributed by atoms with Crippen LogP contribution < -0.4 is 5.32 Å². The summed E-state index contributed by atoms with van der Waals surface area (Å²) in [7, 11) is 0. The lowest BCUT2D eigenvalue weighted by atomic mass is 10.0. The predicted octanol–water partition coefficient (Wildman–Crippen LogP) is 2.57. The smallest absolute Gasteiger partial charge is 0.256 e. The molecule has 0 radical (unpaired) electrons. The van der Waals surface area contributed by atoms with E-state index in [2.05, 4.69) is 39.6 Å². The zero-order chi connectivity index (χ0) is 20.8. The van der Waals surface area contributed by atoms with Crippen molar-refractivity contribution in [1.82, 2.24) is 20.3 Å². The molecule has 1 aromatic carbocycles. The maximum absolute atomic E-state index is 12.5. The lowest BCUT2D eigenvalue weighted by Crippen LogP contribution is -2.48. The molecule has 1 fully saturated rings. The highest BCUT2D eigenvalue weighted by molar-refractivity contribution is 5.96. The third-order valence-electron chi connectivity index (χ3n) is 5.24. The van der Waals surface area contributed by atoms with Gasteiger partial charge in [0.2, 0.25) is 5.91 Å². The number of nitrogens with zero attached hydrogens (tertiary/aromatic N) is 3. The minimum Gasteiger partial charge on any atom is -0.360 e. The molecule has 2 amide bonds. The quantitative estimate of drug-likeness (QED) is 0.776. The standard InChI is InChI=1S/C22H30N4O3/c1-16(2)21-20(17(3)24-29-21)22(28)23-10-9-19(27)26-13-11-25(12-14-26)15-18-7-5-4-6-8-18/h4-8,16H,9-15H2,1-3H3,(H,23,28). The van der Waals surface area contributed by atoms with Gasteiger partial charge in [-0.3, -0.25) is 14.5 Å². The molecule has 0 saturated carbocycles. The van der Waals surface area contributed by atoms with Gasteiger partial charge < -0.3 is 14.7 Å². The molecule has 2 aromatic rings. The SMILES string of the molecule is Cc1noc(C(C)C)c1C(=O)NCCC(=O)N1CCN(Cc2ccccc2)CC1. The van der Waals surface area contributed by atoms with Crippen molar-refractivity contribution < 1.29 is 14.1 Å². The topological polar surface area (TPSA) is 78.7 Å². The molecule has 156 valence electrons. The monoisotopic (exact) mass is 398 g/mol. The van der Waals surface area contributed by atoms with Gasteiger partial charge in [-0.2, -0.15) is 0 Å². The summed E-state index contributed by atoms with van der Waals surface area (Å²) in [5.41, 5.74) is 2.36. The molecule has 3 rings (SSSR count). The molecule has 1 N–H and O–H groups in total. The van der Waals surface area contributed by atoms with Crippen LogP contribution in [0.15, 0.2) is 34.9 Å². The van der Waals surface area contributed by atoms with E-state index >= 15 is 0 Å². The zero-order valence-corrected chi connectivity index (χ0v) is 17.5. The van der Waals surface area contributed by atoms with Crippen LogP contribution in [-0.2, 0) is 11.3 Å². The number of piperazine rings is 1. The third-order valence-corrected chi connectivity index (χ3v) is 5.24. The molecule has 7 heteroatoms. The summed E-state index contributed by atoms with van der Waals surface area (Å²) in [6.45, 7) is 10.1. The van der Waals surface area contributed by atoms with Gasteiger partial charge in [0.25, 0.3) is 5.91 Å². The normalized spacial score (nSPS) is 15.0. The van der Waals surface area contributed by atoms with Gasteiger partial charge >= 0.3 is 0 Å². The molecule has 0 aliphatic carbocycles. The summed E-state index contributed by atoms with van der Waals surface area (Å²) in [5.74, 6) is 0.510. The zero-order valence-electron chi connectivity index (χ0n) is 17.5. The first kappa shape index (κ1) is 21.0. The number of aryl methyl sites for hydroxylation is 1. The van der Waals surface area contributed by atoms with Crippen molar-refractivity contribution in [3.63, 3.8) is 0 Å². The van der Waals surface area contributed by atoms with E-state index in [0.717, 1.165) is 32.7 Å². The maximum atomic E-state index is 12.5. The largest absolute Gasteiger partial charge is 0.360 e. The molecule has 7 nitrogen and oxygen atoms in total. The van der Waals surface area contributed by atoms with Crippen LogP contribution in [0.5, 0.6) is 0 Å². The predicted molar refractivity (Wildman–Crippen MR) is 111 cm³/mol. The second-order valence-corrected chi connectivity index (χ2v) is 7.81. The van der Waals surface area contributed by atoms with Crippen molar-refractivity contribution in [3.8, 4) is 0 Å². The van der Waals surface area contributed by atoms with Gasteiger partial charge in [-0.1, -0.05) is 49.3 Å². The van der Waals surface area contributed by atoms with Gasteiger partial charge in [-0.05, 0) is 12.5 Å². The highest BCUT2D eigenvalue weighted by atomic mass is 16.5. The number of amides is 2. The Morgan fingerprint density at radius 1 is 1.14 bits per heavy atom. The Morgan fingerprint density at radius 2 is 1.83 bits per heavy atom. The number of carbonyl (C=O) groups excluding carboxylic acids is 2. The average molecular weight is 399 g/mol. The molecule has 1 aliphatic heterocycles. The van der Waals surface area contributed by atoms with Gasteiger partial charge in [0.1, 0.15) is 5.56 Å². The van der Waals surface area contributed by atoms with Gasteiger partial charge in [0.15, 0.2) is 5.76 Å². The highest BCUT2D eigenvalue weighted by Crippen LogP contribution is 2.22. The third kappa shape index (κ3) is 5.44.